The third-order valence-corrected chi connectivity index (χ3v) is 6.08. The van der Waals surface area contributed by atoms with E-state index >= 15 is 0 Å². The molecule has 2 aliphatic heterocycles. The van der Waals surface area contributed by atoms with Gasteiger partial charge in [0.05, 0.1) is 5.41 Å². The fraction of sp³-hybridized carbons (Fsp3) is 0.650. The van der Waals surface area contributed by atoms with Crippen molar-refractivity contribution in [2.75, 3.05) is 39.5 Å². The van der Waals surface area contributed by atoms with Gasteiger partial charge in [-0.05, 0) is 43.7 Å². The Bertz CT molecular complexity index is 590. The molecule has 0 spiro atoms. The van der Waals surface area contributed by atoms with Gasteiger partial charge in [-0.2, -0.15) is 0 Å². The number of carbonyl (C=O) groups excluding carboxylic acids is 1. The summed E-state index contributed by atoms with van der Waals surface area (Å²) in [6.07, 6.45) is 3.26. The van der Waals surface area contributed by atoms with E-state index in [-0.39, 0.29) is 11.3 Å². The molecule has 2 saturated heterocycles. The molecule has 0 aromatic heterocycles. The summed E-state index contributed by atoms with van der Waals surface area (Å²) < 4.78 is 11.0. The topological polar surface area (TPSA) is 73.6 Å². The van der Waals surface area contributed by atoms with Crippen LogP contribution >= 0.6 is 0 Å². The van der Waals surface area contributed by atoms with E-state index in [0.29, 0.717) is 39.1 Å². The van der Waals surface area contributed by atoms with Crippen LogP contribution in [0.2, 0.25) is 0 Å². The summed E-state index contributed by atoms with van der Waals surface area (Å²) in [7, 11) is 0. The molecule has 0 unspecified atom stereocenters. The first-order valence-corrected chi connectivity index (χ1v) is 9.32. The van der Waals surface area contributed by atoms with Crippen molar-refractivity contribution in [2.24, 2.45) is 11.1 Å². The van der Waals surface area contributed by atoms with E-state index in [1.807, 2.05) is 0 Å². The lowest BCUT2D eigenvalue weighted by molar-refractivity contribution is -0.136. The van der Waals surface area contributed by atoms with Crippen LogP contribution in [0.25, 0.3) is 0 Å². The number of nitrogens with two attached hydrogens (primary N) is 1. The maximum absolute atomic E-state index is 13.0. The second-order valence-corrected chi connectivity index (χ2v) is 7.49. The van der Waals surface area contributed by atoms with Crippen molar-refractivity contribution in [2.45, 2.75) is 38.0 Å². The van der Waals surface area contributed by atoms with Gasteiger partial charge in [0.15, 0.2) is 0 Å². The number of aryl methyl sites for hydroxylation is 1. The molecule has 25 heavy (non-hydrogen) atoms. The van der Waals surface area contributed by atoms with Gasteiger partial charge in [-0.15, -0.1) is 0 Å². The molecule has 3 rings (SSSR count). The molecule has 1 aromatic carbocycles. The smallest absolute Gasteiger partial charge is 0.227 e. The third-order valence-electron chi connectivity index (χ3n) is 6.08. The van der Waals surface area contributed by atoms with Crippen LogP contribution < -0.4 is 11.1 Å². The molecule has 0 aliphatic carbocycles. The van der Waals surface area contributed by atoms with E-state index in [4.69, 9.17) is 15.2 Å². The van der Waals surface area contributed by atoms with Gasteiger partial charge in [0.2, 0.25) is 5.91 Å². The molecule has 2 fully saturated rings. The van der Waals surface area contributed by atoms with Crippen molar-refractivity contribution < 1.29 is 14.3 Å². The van der Waals surface area contributed by atoms with Gasteiger partial charge in [0.25, 0.3) is 0 Å². The maximum Gasteiger partial charge on any atom is 0.227 e. The Morgan fingerprint density at radius 2 is 1.68 bits per heavy atom. The van der Waals surface area contributed by atoms with Gasteiger partial charge < -0.3 is 20.5 Å². The van der Waals surface area contributed by atoms with Gasteiger partial charge in [-0.25, -0.2) is 0 Å². The molecule has 1 aromatic rings. The number of ether oxygens (including phenoxy) is 2. The molecule has 0 saturated carbocycles. The Balaban J connectivity index is 1.77. The van der Waals surface area contributed by atoms with Gasteiger partial charge in [-0.3, -0.25) is 4.79 Å². The zero-order valence-electron chi connectivity index (χ0n) is 15.2. The lowest BCUT2D eigenvalue weighted by Crippen LogP contribution is -2.53. The zero-order chi connectivity index (χ0) is 17.8. The fourth-order valence-electron chi connectivity index (χ4n) is 4.19. The lowest BCUT2D eigenvalue weighted by Gasteiger charge is -2.41. The molecule has 0 bridgehead atoms. The standard InChI is InChI=1S/C20H30N2O3/c1-16-4-2-3-5-17(16)20(8-12-25-13-9-20)15-22-18(23)19(14-21)6-10-24-11-7-19/h2-5H,6-15,21H2,1H3,(H,22,23). The zero-order valence-corrected chi connectivity index (χ0v) is 15.2. The fourth-order valence-corrected chi connectivity index (χ4v) is 4.19. The van der Waals surface area contributed by atoms with Crippen LogP contribution in [0.4, 0.5) is 0 Å². The SMILES string of the molecule is Cc1ccccc1C1(CNC(=O)C2(CN)CCOCC2)CCOCC1. The van der Waals surface area contributed by atoms with E-state index in [2.05, 4.69) is 36.5 Å². The van der Waals surface area contributed by atoms with Crippen molar-refractivity contribution in [3.8, 4) is 0 Å². The van der Waals surface area contributed by atoms with Crippen LogP contribution in [-0.2, 0) is 19.7 Å². The summed E-state index contributed by atoms with van der Waals surface area (Å²) in [5.41, 5.74) is 8.05. The molecule has 5 nitrogen and oxygen atoms in total. The maximum atomic E-state index is 13.0. The molecule has 2 heterocycles. The number of hydrogen-bond acceptors (Lipinski definition) is 4. The predicted molar refractivity (Wildman–Crippen MR) is 97.5 cm³/mol. The number of carbonyl (C=O) groups is 1. The van der Waals surface area contributed by atoms with Crippen molar-refractivity contribution in [3.63, 3.8) is 0 Å². The van der Waals surface area contributed by atoms with Crippen LogP contribution in [0.5, 0.6) is 0 Å². The van der Waals surface area contributed by atoms with E-state index in [9.17, 15) is 4.79 Å². The normalized spacial score (nSPS) is 22.3. The van der Waals surface area contributed by atoms with Crippen LogP contribution in [0.1, 0.15) is 36.8 Å². The van der Waals surface area contributed by atoms with Crippen molar-refractivity contribution in [1.82, 2.24) is 5.32 Å². The summed E-state index contributed by atoms with van der Waals surface area (Å²) in [6, 6.07) is 8.49. The Kier molecular flexibility index (Phi) is 5.77. The molecule has 2 aliphatic rings. The first-order valence-electron chi connectivity index (χ1n) is 9.32. The minimum absolute atomic E-state index is 0.0553. The van der Waals surface area contributed by atoms with Crippen molar-refractivity contribution in [3.05, 3.63) is 35.4 Å². The quantitative estimate of drug-likeness (QED) is 0.854. The monoisotopic (exact) mass is 346 g/mol. The summed E-state index contributed by atoms with van der Waals surface area (Å²) in [6.45, 7) is 5.86. The van der Waals surface area contributed by atoms with E-state index in [1.54, 1.807) is 0 Å². The van der Waals surface area contributed by atoms with E-state index < -0.39 is 5.41 Å². The van der Waals surface area contributed by atoms with Crippen LogP contribution in [0, 0.1) is 12.3 Å². The first-order chi connectivity index (χ1) is 12.1. The van der Waals surface area contributed by atoms with Crippen LogP contribution in [0.15, 0.2) is 24.3 Å². The highest BCUT2D eigenvalue weighted by atomic mass is 16.5. The molecule has 1 amide bonds. The lowest BCUT2D eigenvalue weighted by atomic mass is 9.72. The molecule has 3 N–H and O–H groups in total. The molecule has 5 heteroatoms. The third kappa shape index (κ3) is 3.73. The molecule has 138 valence electrons. The highest BCUT2D eigenvalue weighted by Gasteiger charge is 2.41. The number of rotatable bonds is 5. The number of hydrogen-bond donors (Lipinski definition) is 2. The minimum atomic E-state index is -0.476. The van der Waals surface area contributed by atoms with Crippen LogP contribution in [-0.4, -0.2) is 45.4 Å². The largest absolute Gasteiger partial charge is 0.381 e. The highest BCUT2D eigenvalue weighted by Crippen LogP contribution is 2.37. The van der Waals surface area contributed by atoms with Crippen molar-refractivity contribution in [1.29, 1.82) is 0 Å². The molecule has 0 atom stereocenters. The summed E-state index contributed by atoms with van der Waals surface area (Å²) in [5, 5.41) is 3.25. The summed E-state index contributed by atoms with van der Waals surface area (Å²) in [4.78, 5) is 13.0. The molecular formula is C20H30N2O3. The van der Waals surface area contributed by atoms with Crippen LogP contribution in [0.3, 0.4) is 0 Å². The average Bonchev–Trinajstić information content (AvgIpc) is 2.67. The summed E-state index contributed by atoms with van der Waals surface area (Å²) >= 11 is 0. The second kappa shape index (κ2) is 7.85. The summed E-state index contributed by atoms with van der Waals surface area (Å²) in [5.74, 6) is 0.0813. The first kappa shape index (κ1) is 18.4. The van der Waals surface area contributed by atoms with Gasteiger partial charge >= 0.3 is 0 Å². The molecule has 0 radical (unpaired) electrons. The van der Waals surface area contributed by atoms with Gasteiger partial charge in [-0.1, -0.05) is 24.3 Å². The Morgan fingerprint density at radius 3 is 2.28 bits per heavy atom. The second-order valence-electron chi connectivity index (χ2n) is 7.49. The minimum Gasteiger partial charge on any atom is -0.381 e. The van der Waals surface area contributed by atoms with E-state index in [0.717, 1.165) is 26.1 Å². The van der Waals surface area contributed by atoms with Gasteiger partial charge in [0.1, 0.15) is 0 Å². The Hall–Kier alpha value is -1.43. The Morgan fingerprint density at radius 1 is 1.08 bits per heavy atom. The average molecular weight is 346 g/mol. The van der Waals surface area contributed by atoms with E-state index in [1.165, 1.54) is 11.1 Å². The van der Waals surface area contributed by atoms with Crippen molar-refractivity contribution >= 4 is 5.91 Å². The predicted octanol–water partition coefficient (Wildman–Crippen LogP) is 1.91. The number of benzene rings is 1. The molecular weight excluding hydrogens is 316 g/mol. The number of nitrogens with one attached hydrogen (secondary N) is 1. The highest BCUT2D eigenvalue weighted by molar-refractivity contribution is 5.83. The Labute approximate surface area is 150 Å². The van der Waals surface area contributed by atoms with Gasteiger partial charge in [0, 0.05) is 44.9 Å². The number of amides is 1.